The maximum Gasteiger partial charge on any atom is 0.276 e. The molecule has 1 aromatic heterocycles. The van der Waals surface area contributed by atoms with Crippen molar-refractivity contribution in [3.8, 4) is 5.75 Å². The molecular formula is C17H17F2N3O5S. The number of carbonyl (C=O) groups is 1. The fraction of sp³-hybridized carbons (Fsp3) is 0.353. The number of benzene rings is 1. The number of rotatable bonds is 3. The van der Waals surface area contributed by atoms with Crippen molar-refractivity contribution >= 4 is 21.6 Å². The van der Waals surface area contributed by atoms with Gasteiger partial charge in [0, 0.05) is 25.0 Å². The van der Waals surface area contributed by atoms with E-state index in [1.54, 1.807) is 0 Å². The van der Waals surface area contributed by atoms with Crippen LogP contribution in [0.1, 0.15) is 23.3 Å². The van der Waals surface area contributed by atoms with E-state index in [1.807, 2.05) is 0 Å². The summed E-state index contributed by atoms with van der Waals surface area (Å²) in [7, 11) is -2.58. The number of nitrogens with zero attached hydrogens (tertiary/aromatic N) is 1. The van der Waals surface area contributed by atoms with Crippen LogP contribution in [0.25, 0.3) is 0 Å². The van der Waals surface area contributed by atoms with E-state index in [0.29, 0.717) is 12.8 Å². The van der Waals surface area contributed by atoms with Crippen molar-refractivity contribution in [2.75, 3.05) is 11.9 Å². The molecule has 1 amide bonds. The summed E-state index contributed by atoms with van der Waals surface area (Å²) in [4.78, 5) is 12.4. The minimum absolute atomic E-state index is 0.00128. The molecule has 0 radical (unpaired) electrons. The number of carbonyl (C=O) groups excluding carboxylic acids is 1. The molecule has 2 aliphatic rings. The van der Waals surface area contributed by atoms with E-state index in [4.69, 9.17) is 4.74 Å². The summed E-state index contributed by atoms with van der Waals surface area (Å²) >= 11 is 0. The van der Waals surface area contributed by atoms with Crippen molar-refractivity contribution < 1.29 is 31.8 Å². The quantitative estimate of drug-likeness (QED) is 0.699. The Kier molecular flexibility index (Phi) is 4.21. The van der Waals surface area contributed by atoms with Gasteiger partial charge in [-0.25, -0.2) is 21.9 Å². The highest BCUT2D eigenvalue weighted by atomic mass is 32.2. The molecule has 1 aliphatic carbocycles. The van der Waals surface area contributed by atoms with Crippen molar-refractivity contribution in [2.45, 2.75) is 29.4 Å². The maximum atomic E-state index is 13.4. The fourth-order valence-electron chi connectivity index (χ4n) is 3.13. The predicted octanol–water partition coefficient (Wildman–Crippen LogP) is 1.12. The zero-order valence-corrected chi connectivity index (χ0v) is 15.5. The number of ether oxygens (including phenoxy) is 1. The lowest BCUT2D eigenvalue weighted by Gasteiger charge is -2.20. The van der Waals surface area contributed by atoms with Crippen LogP contribution in [0.2, 0.25) is 0 Å². The van der Waals surface area contributed by atoms with E-state index >= 15 is 0 Å². The van der Waals surface area contributed by atoms with E-state index in [9.17, 15) is 27.1 Å². The first kappa shape index (κ1) is 18.8. The molecule has 3 N–H and O–H groups in total. The molecule has 4 rings (SSSR count). The lowest BCUT2D eigenvalue weighted by atomic mass is 10.1. The molecule has 2 heterocycles. The van der Waals surface area contributed by atoms with Crippen molar-refractivity contribution in [3.63, 3.8) is 0 Å². The molecular weight excluding hydrogens is 396 g/mol. The van der Waals surface area contributed by atoms with Gasteiger partial charge in [-0.2, -0.15) is 0 Å². The number of aliphatic hydroxyl groups is 1. The van der Waals surface area contributed by atoms with Gasteiger partial charge in [0.25, 0.3) is 5.91 Å². The minimum atomic E-state index is -4.04. The average Bonchev–Trinajstić information content (AvgIpc) is 3.29. The summed E-state index contributed by atoms with van der Waals surface area (Å²) in [6.45, 7) is -0.155. The third kappa shape index (κ3) is 3.15. The van der Waals surface area contributed by atoms with Crippen LogP contribution in [0.3, 0.4) is 0 Å². The molecule has 1 atom stereocenters. The molecule has 1 unspecified atom stereocenters. The number of aromatic nitrogens is 1. The molecule has 1 fully saturated rings. The molecule has 2 aromatic rings. The van der Waals surface area contributed by atoms with Gasteiger partial charge in [-0.05, 0) is 25.0 Å². The monoisotopic (exact) mass is 413 g/mol. The molecule has 11 heteroatoms. The van der Waals surface area contributed by atoms with E-state index in [0.717, 1.165) is 12.1 Å². The van der Waals surface area contributed by atoms with E-state index in [1.165, 1.54) is 23.9 Å². The van der Waals surface area contributed by atoms with Crippen LogP contribution in [-0.4, -0.2) is 42.2 Å². The number of anilines is 1. The second kappa shape index (κ2) is 6.26. The summed E-state index contributed by atoms with van der Waals surface area (Å²) in [5.41, 5.74) is -1.26. The average molecular weight is 413 g/mol. The standard InChI is InChI=1S/C17H17F2N3O5S/c1-22-7-12-15(27-8-13(17(24)4-5-17)21-28(12,25)26)14(22)16(23)20-9-2-3-10(18)11(19)6-9/h2-3,6-7,13,21,24H,4-5,8H2,1H3,(H,20,23). The molecule has 8 nitrogen and oxygen atoms in total. The minimum Gasteiger partial charge on any atom is -0.488 e. The van der Waals surface area contributed by atoms with E-state index in [-0.39, 0.29) is 28.6 Å². The fourth-order valence-corrected chi connectivity index (χ4v) is 4.61. The van der Waals surface area contributed by atoms with Crippen molar-refractivity contribution in [3.05, 3.63) is 41.7 Å². The Hall–Kier alpha value is -2.50. The molecule has 0 spiro atoms. The topological polar surface area (TPSA) is 110 Å². The van der Waals surface area contributed by atoms with Gasteiger partial charge in [-0.1, -0.05) is 0 Å². The number of hydrogen-bond acceptors (Lipinski definition) is 5. The normalized spacial score (nSPS) is 21.9. The number of aryl methyl sites for hydroxylation is 1. The second-order valence-electron chi connectivity index (χ2n) is 6.95. The van der Waals surface area contributed by atoms with Gasteiger partial charge in [0.1, 0.15) is 11.5 Å². The van der Waals surface area contributed by atoms with Crippen molar-refractivity contribution in [2.24, 2.45) is 7.05 Å². The second-order valence-corrected chi connectivity index (χ2v) is 8.64. The Morgan fingerprint density at radius 1 is 1.36 bits per heavy atom. The zero-order valence-electron chi connectivity index (χ0n) is 14.7. The highest BCUT2D eigenvalue weighted by Crippen LogP contribution is 2.41. The summed E-state index contributed by atoms with van der Waals surface area (Å²) in [6.07, 6.45) is 2.12. The summed E-state index contributed by atoms with van der Waals surface area (Å²) in [5.74, 6) is -3.11. The number of hydrogen-bond donors (Lipinski definition) is 3. The van der Waals surface area contributed by atoms with Gasteiger partial charge in [0.2, 0.25) is 10.0 Å². The lowest BCUT2D eigenvalue weighted by molar-refractivity contribution is 0.0864. The lowest BCUT2D eigenvalue weighted by Crippen LogP contribution is -2.47. The highest BCUT2D eigenvalue weighted by molar-refractivity contribution is 7.89. The Balaban J connectivity index is 1.67. The Bertz CT molecular complexity index is 1080. The van der Waals surface area contributed by atoms with E-state index < -0.39 is 39.2 Å². The number of nitrogens with one attached hydrogen (secondary N) is 2. The zero-order chi connectivity index (χ0) is 20.3. The highest BCUT2D eigenvalue weighted by Gasteiger charge is 2.51. The first-order chi connectivity index (χ1) is 13.1. The Morgan fingerprint density at radius 2 is 2.07 bits per heavy atom. The third-order valence-corrected chi connectivity index (χ3v) is 6.35. The molecule has 1 saturated carbocycles. The number of halogens is 2. The first-order valence-corrected chi connectivity index (χ1v) is 9.92. The molecule has 28 heavy (non-hydrogen) atoms. The number of fused-ring (bicyclic) bond motifs is 1. The first-order valence-electron chi connectivity index (χ1n) is 8.44. The molecule has 1 aliphatic heterocycles. The van der Waals surface area contributed by atoms with Crippen LogP contribution in [0.4, 0.5) is 14.5 Å². The summed E-state index contributed by atoms with van der Waals surface area (Å²) < 4.78 is 61.1. The largest absolute Gasteiger partial charge is 0.488 e. The Morgan fingerprint density at radius 3 is 2.71 bits per heavy atom. The summed E-state index contributed by atoms with van der Waals surface area (Å²) in [6, 6.07) is 2.02. The van der Waals surface area contributed by atoms with Gasteiger partial charge in [-0.3, -0.25) is 4.79 Å². The van der Waals surface area contributed by atoms with Gasteiger partial charge in [-0.15, -0.1) is 0 Å². The maximum absolute atomic E-state index is 13.4. The smallest absolute Gasteiger partial charge is 0.276 e. The van der Waals surface area contributed by atoms with E-state index in [2.05, 4.69) is 10.0 Å². The number of sulfonamides is 1. The predicted molar refractivity (Wildman–Crippen MR) is 93.5 cm³/mol. The summed E-state index contributed by atoms with van der Waals surface area (Å²) in [5, 5.41) is 12.6. The molecule has 150 valence electrons. The Labute approximate surface area is 159 Å². The van der Waals surface area contributed by atoms with Gasteiger partial charge < -0.3 is 19.7 Å². The SMILES string of the molecule is Cn1cc2c(c1C(=O)Nc1ccc(F)c(F)c1)OCC(C1(O)CC1)NS2(=O)=O. The van der Waals surface area contributed by atoms with Crippen molar-refractivity contribution in [1.82, 2.24) is 9.29 Å². The van der Waals surface area contributed by atoms with Crippen LogP contribution in [0, 0.1) is 11.6 Å². The van der Waals surface area contributed by atoms with Crippen LogP contribution in [0.15, 0.2) is 29.3 Å². The van der Waals surface area contributed by atoms with Crippen molar-refractivity contribution in [1.29, 1.82) is 0 Å². The van der Waals surface area contributed by atoms with Crippen LogP contribution in [0.5, 0.6) is 5.75 Å². The van der Waals surface area contributed by atoms with Crippen LogP contribution >= 0.6 is 0 Å². The van der Waals surface area contributed by atoms with Crippen LogP contribution in [-0.2, 0) is 17.1 Å². The molecule has 0 bridgehead atoms. The van der Waals surface area contributed by atoms with Gasteiger partial charge in [0.05, 0.1) is 11.6 Å². The van der Waals surface area contributed by atoms with Gasteiger partial charge >= 0.3 is 0 Å². The molecule has 0 saturated heterocycles. The number of amides is 1. The van der Waals surface area contributed by atoms with Gasteiger partial charge in [0.15, 0.2) is 23.1 Å². The molecule has 1 aromatic carbocycles. The van der Waals surface area contributed by atoms with Crippen LogP contribution < -0.4 is 14.8 Å². The third-order valence-electron chi connectivity index (χ3n) is 4.89.